The van der Waals surface area contributed by atoms with Crippen LogP contribution in [0, 0.1) is 0 Å². The van der Waals surface area contributed by atoms with E-state index in [0.29, 0.717) is 26.2 Å². The molecule has 42 heavy (non-hydrogen) atoms. The smallest absolute Gasteiger partial charge is 0.0639 e. The Labute approximate surface area is 255 Å². The van der Waals surface area contributed by atoms with E-state index in [1.165, 1.54) is 11.1 Å². The van der Waals surface area contributed by atoms with Crippen LogP contribution in [0.25, 0.3) is 0 Å². The number of β-amino-alcohol motifs (C(OH)–C–C–N with tert-alkyl or cyclic N) is 4. The van der Waals surface area contributed by atoms with Crippen LogP contribution >= 0.6 is 0 Å². The van der Waals surface area contributed by atoms with Gasteiger partial charge in [0, 0.05) is 118 Å². The molecular weight excluding hydrogens is 532 g/mol. The molecule has 2 aliphatic rings. The molecule has 0 bridgehead atoms. The molecule has 10 nitrogen and oxygen atoms in total. The van der Waals surface area contributed by atoms with Crippen LogP contribution in [-0.2, 0) is 13.1 Å². The molecule has 0 unspecified atom stereocenters. The summed E-state index contributed by atoms with van der Waals surface area (Å²) in [7, 11) is 0. The van der Waals surface area contributed by atoms with Gasteiger partial charge in [-0.2, -0.15) is 0 Å². The molecule has 242 valence electrons. The van der Waals surface area contributed by atoms with Gasteiger partial charge in [-0.05, 0) is 38.8 Å². The molecule has 1 aromatic carbocycles. The van der Waals surface area contributed by atoms with E-state index in [2.05, 4.69) is 53.7 Å². The van der Waals surface area contributed by atoms with Crippen molar-refractivity contribution in [2.45, 2.75) is 65.2 Å². The Kier molecular flexibility index (Phi) is 15.6. The van der Waals surface area contributed by atoms with Gasteiger partial charge in [-0.15, -0.1) is 0 Å². The van der Waals surface area contributed by atoms with Gasteiger partial charge in [0.2, 0.25) is 0 Å². The number of rotatable bonds is 12. The maximum absolute atomic E-state index is 10.0. The van der Waals surface area contributed by atoms with Crippen LogP contribution < -0.4 is 0 Å². The van der Waals surface area contributed by atoms with Crippen molar-refractivity contribution in [3.05, 3.63) is 35.4 Å². The van der Waals surface area contributed by atoms with Gasteiger partial charge >= 0.3 is 0 Å². The van der Waals surface area contributed by atoms with Crippen LogP contribution in [0.5, 0.6) is 0 Å². The Morgan fingerprint density at radius 3 is 0.929 bits per heavy atom. The lowest BCUT2D eigenvalue weighted by Gasteiger charge is -2.27. The van der Waals surface area contributed by atoms with E-state index in [-0.39, 0.29) is 24.4 Å². The highest BCUT2D eigenvalue weighted by Crippen LogP contribution is 2.14. The standard InChI is InChI=1S/C32H60N6O4/c1-27(39)21-33-8-9-34(22-28(2)40)13-17-37(16-12-33)25-31-6-5-7-32(20-31)26-38-18-14-35(23-29(3)41)10-11-36(15-19-38)24-30(4)42/h5-7,20,27-30,39-42H,8-19,21-26H2,1-4H3/t27-,28-,29-,30-/m0/s1. The maximum atomic E-state index is 10.0. The summed E-state index contributed by atoms with van der Waals surface area (Å²) in [5, 5.41) is 40.1. The second-order valence-corrected chi connectivity index (χ2v) is 13.0. The molecule has 4 atom stereocenters. The summed E-state index contributed by atoms with van der Waals surface area (Å²) in [4.78, 5) is 14.4. The molecule has 0 saturated carbocycles. The first-order valence-corrected chi connectivity index (χ1v) is 16.2. The highest BCUT2D eigenvalue weighted by molar-refractivity contribution is 5.23. The largest absolute Gasteiger partial charge is 0.392 e. The van der Waals surface area contributed by atoms with Gasteiger partial charge in [-0.3, -0.25) is 29.4 Å². The van der Waals surface area contributed by atoms with Crippen LogP contribution in [0.2, 0.25) is 0 Å². The highest BCUT2D eigenvalue weighted by atomic mass is 16.3. The normalized spacial score (nSPS) is 23.6. The summed E-state index contributed by atoms with van der Waals surface area (Å²) in [6.07, 6.45) is -1.42. The van der Waals surface area contributed by atoms with Gasteiger partial charge in [0.25, 0.3) is 0 Å². The van der Waals surface area contributed by atoms with Gasteiger partial charge < -0.3 is 20.4 Å². The van der Waals surface area contributed by atoms with Gasteiger partial charge in [0.15, 0.2) is 0 Å². The summed E-state index contributed by atoms with van der Waals surface area (Å²) in [6.45, 7) is 23.0. The van der Waals surface area contributed by atoms with Crippen molar-refractivity contribution in [1.29, 1.82) is 0 Å². The molecule has 10 heteroatoms. The van der Waals surface area contributed by atoms with Crippen molar-refractivity contribution in [3.8, 4) is 0 Å². The molecule has 3 rings (SSSR count). The molecule has 2 heterocycles. The van der Waals surface area contributed by atoms with Crippen LogP contribution in [0.15, 0.2) is 24.3 Å². The first-order chi connectivity index (χ1) is 20.0. The van der Waals surface area contributed by atoms with Crippen molar-refractivity contribution in [2.75, 3.05) is 105 Å². The summed E-state index contributed by atoms with van der Waals surface area (Å²) in [6, 6.07) is 8.98. The van der Waals surface area contributed by atoms with Gasteiger partial charge in [0.05, 0.1) is 24.4 Å². The average Bonchev–Trinajstić information content (AvgIpc) is 3.04. The maximum Gasteiger partial charge on any atom is 0.0639 e. The Morgan fingerprint density at radius 1 is 0.452 bits per heavy atom. The Morgan fingerprint density at radius 2 is 0.690 bits per heavy atom. The lowest BCUT2D eigenvalue weighted by Crippen LogP contribution is -2.41. The number of aliphatic hydroxyl groups excluding tert-OH is 4. The Bertz CT molecular complexity index is 764. The molecule has 0 amide bonds. The molecule has 0 aromatic heterocycles. The zero-order valence-electron chi connectivity index (χ0n) is 26.8. The minimum absolute atomic E-state index is 0.355. The quantitative estimate of drug-likeness (QED) is 0.267. The predicted molar refractivity (Wildman–Crippen MR) is 169 cm³/mol. The number of hydrogen-bond donors (Lipinski definition) is 4. The molecule has 0 radical (unpaired) electrons. The first kappa shape index (κ1) is 35.3. The zero-order chi connectivity index (χ0) is 30.5. The second-order valence-electron chi connectivity index (χ2n) is 13.0. The predicted octanol–water partition coefficient (Wildman–Crippen LogP) is 0.0490. The fourth-order valence-corrected chi connectivity index (χ4v) is 6.25. The van der Waals surface area contributed by atoms with Crippen molar-refractivity contribution < 1.29 is 20.4 Å². The fraction of sp³-hybridized carbons (Fsp3) is 0.812. The van der Waals surface area contributed by atoms with Gasteiger partial charge in [0.1, 0.15) is 0 Å². The molecule has 2 aliphatic heterocycles. The summed E-state index contributed by atoms with van der Waals surface area (Å²) in [5.74, 6) is 0. The first-order valence-electron chi connectivity index (χ1n) is 16.2. The fourth-order valence-electron chi connectivity index (χ4n) is 6.25. The topological polar surface area (TPSA) is 100 Å². The summed E-state index contributed by atoms with van der Waals surface area (Å²) >= 11 is 0. The van der Waals surface area contributed by atoms with Crippen LogP contribution in [0.1, 0.15) is 38.8 Å². The van der Waals surface area contributed by atoms with E-state index >= 15 is 0 Å². The molecule has 4 N–H and O–H groups in total. The molecule has 2 saturated heterocycles. The summed E-state index contributed by atoms with van der Waals surface area (Å²) in [5.41, 5.74) is 2.62. The molecular formula is C32H60N6O4. The van der Waals surface area contributed by atoms with Crippen molar-refractivity contribution in [2.24, 2.45) is 0 Å². The van der Waals surface area contributed by atoms with Crippen LogP contribution in [0.3, 0.4) is 0 Å². The van der Waals surface area contributed by atoms with E-state index in [4.69, 9.17) is 0 Å². The summed E-state index contributed by atoms with van der Waals surface area (Å²) < 4.78 is 0. The minimum Gasteiger partial charge on any atom is -0.392 e. The number of hydrogen-bond acceptors (Lipinski definition) is 10. The van der Waals surface area contributed by atoms with E-state index in [1.54, 1.807) is 0 Å². The molecule has 0 aliphatic carbocycles. The van der Waals surface area contributed by atoms with E-state index in [1.807, 2.05) is 27.7 Å². The minimum atomic E-state index is -0.355. The number of nitrogens with zero attached hydrogens (tertiary/aromatic N) is 6. The molecule has 0 spiro atoms. The number of benzene rings is 1. The lowest BCUT2D eigenvalue weighted by molar-refractivity contribution is 0.102. The third-order valence-corrected chi connectivity index (χ3v) is 8.29. The highest BCUT2D eigenvalue weighted by Gasteiger charge is 2.20. The van der Waals surface area contributed by atoms with Crippen molar-refractivity contribution in [1.82, 2.24) is 29.4 Å². The van der Waals surface area contributed by atoms with E-state index in [0.717, 1.165) is 91.6 Å². The van der Waals surface area contributed by atoms with Crippen molar-refractivity contribution in [3.63, 3.8) is 0 Å². The average molecular weight is 593 g/mol. The third kappa shape index (κ3) is 14.1. The zero-order valence-corrected chi connectivity index (χ0v) is 26.8. The van der Waals surface area contributed by atoms with Crippen LogP contribution in [0.4, 0.5) is 0 Å². The Hall–Kier alpha value is -1.18. The van der Waals surface area contributed by atoms with Crippen molar-refractivity contribution >= 4 is 0 Å². The molecule has 1 aromatic rings. The van der Waals surface area contributed by atoms with Gasteiger partial charge in [-0.25, -0.2) is 0 Å². The van der Waals surface area contributed by atoms with E-state index < -0.39 is 0 Å². The second kappa shape index (κ2) is 18.6. The Balaban J connectivity index is 1.66. The SMILES string of the molecule is C[C@H](O)CN1CCN(Cc2cccc(CN3CCN(C[C@H](C)O)CCN(C[C@H](C)O)CC3)c2)CCN(C[C@H](C)O)CC1. The third-order valence-electron chi connectivity index (χ3n) is 8.29. The molecule has 2 fully saturated rings. The number of aliphatic hydroxyl groups is 4. The van der Waals surface area contributed by atoms with E-state index in [9.17, 15) is 20.4 Å². The monoisotopic (exact) mass is 592 g/mol. The lowest BCUT2D eigenvalue weighted by atomic mass is 10.1. The van der Waals surface area contributed by atoms with Gasteiger partial charge in [-0.1, -0.05) is 24.3 Å². The van der Waals surface area contributed by atoms with Crippen LogP contribution in [-0.4, -0.2) is 179 Å².